The summed E-state index contributed by atoms with van der Waals surface area (Å²) in [5.74, 6) is -0.245. The van der Waals surface area contributed by atoms with Crippen LogP contribution in [0.2, 0.25) is 0 Å². The minimum Gasteiger partial charge on any atom is -0.469 e. The van der Waals surface area contributed by atoms with Crippen LogP contribution in [0.15, 0.2) is 0 Å². The van der Waals surface area contributed by atoms with E-state index in [1.165, 1.54) is 20.5 Å². The van der Waals surface area contributed by atoms with Crippen LogP contribution in [0.5, 0.6) is 0 Å². The van der Waals surface area contributed by atoms with Crippen LogP contribution in [-0.4, -0.2) is 26.7 Å². The van der Waals surface area contributed by atoms with Crippen LogP contribution in [0.1, 0.15) is 35.1 Å². The van der Waals surface area contributed by atoms with Crippen molar-refractivity contribution in [2.24, 2.45) is 0 Å². The lowest BCUT2D eigenvalue weighted by atomic mass is 10.5. The van der Waals surface area contributed by atoms with E-state index in [1.807, 2.05) is 7.05 Å². The third-order valence-corrected chi connectivity index (χ3v) is 0.787. The molecule has 0 saturated carbocycles. The highest BCUT2D eigenvalue weighted by Crippen LogP contribution is 1.62. The van der Waals surface area contributed by atoms with Crippen molar-refractivity contribution in [3.63, 3.8) is 0 Å². The zero-order valence-corrected chi connectivity index (χ0v) is 7.23. The van der Waals surface area contributed by atoms with Gasteiger partial charge in [-0.1, -0.05) is 21.8 Å². The Kier molecular flexibility index (Phi) is 42.1. The maximum atomic E-state index is 9.59. The molecule has 0 rings (SSSR count). The first-order valence-electron chi connectivity index (χ1n) is 3.38. The number of nitrogens with one attached hydrogen (secondary N) is 1. The number of carbonyl (C=O) groups excluding carboxylic acids is 1. The molecule has 0 saturated heterocycles. The third-order valence-electron chi connectivity index (χ3n) is 0.787. The van der Waals surface area contributed by atoms with Gasteiger partial charge >= 0.3 is 5.97 Å². The average molecular weight is 179 g/mol. The fourth-order valence-corrected chi connectivity index (χ4v) is 0.250. The highest BCUT2D eigenvalue weighted by atomic mass is 16.5. The van der Waals surface area contributed by atoms with Gasteiger partial charge in [-0.15, -0.1) is 0 Å². The van der Waals surface area contributed by atoms with Gasteiger partial charge in [0.15, 0.2) is 0 Å². The summed E-state index contributed by atoms with van der Waals surface area (Å²) in [5.41, 5.74) is 0. The molecular weight excluding hydrogens is 154 g/mol. The number of hydrogen-bond acceptors (Lipinski definition) is 3. The lowest BCUT2D eigenvalue weighted by Crippen LogP contribution is -2.04. The molecule has 1 N–H and O–H groups in total. The molecule has 0 spiro atoms. The van der Waals surface area contributed by atoms with E-state index >= 15 is 0 Å². The zero-order chi connectivity index (χ0) is 8.41. The molecule has 12 heavy (non-hydrogen) atoms. The molecule has 0 unspecified atom stereocenters. The molecule has 0 atom stereocenters. The van der Waals surface area contributed by atoms with E-state index in [0.29, 0.717) is 0 Å². The summed E-state index contributed by atoms with van der Waals surface area (Å²) < 4.78 is 4.11. The van der Waals surface area contributed by atoms with Gasteiger partial charge in [-0.05, 0) is 20.0 Å². The predicted molar refractivity (Wildman–Crippen MR) is 55.4 cm³/mol. The summed E-state index contributed by atoms with van der Waals surface area (Å²) in [6.45, 7) is 4.65. The van der Waals surface area contributed by atoms with Crippen LogP contribution in [0, 0.1) is 0 Å². The van der Waals surface area contributed by atoms with Crippen molar-refractivity contribution >= 4 is 5.97 Å². The molecule has 0 aliphatic carbocycles. The number of ether oxygens (including phenoxy) is 1. The van der Waals surface area contributed by atoms with Crippen LogP contribution in [0.25, 0.3) is 0 Å². The molecular formula is C9H25NO2. The van der Waals surface area contributed by atoms with E-state index in [0.717, 1.165) is 6.54 Å². The fourth-order valence-electron chi connectivity index (χ4n) is 0.250. The van der Waals surface area contributed by atoms with Crippen molar-refractivity contribution in [3.05, 3.63) is 0 Å². The molecule has 0 aromatic rings. The van der Waals surface area contributed by atoms with Crippen molar-refractivity contribution in [3.8, 4) is 0 Å². The Morgan fingerprint density at radius 2 is 1.75 bits per heavy atom. The normalized spacial score (nSPS) is 6.33. The summed E-state index contributed by atoms with van der Waals surface area (Å²) in [4.78, 5) is 9.59. The lowest BCUT2D eigenvalue weighted by Gasteiger charge is -1.84. The first-order valence-corrected chi connectivity index (χ1v) is 3.38. The largest absolute Gasteiger partial charge is 0.469 e. The van der Waals surface area contributed by atoms with Crippen molar-refractivity contribution < 1.29 is 9.53 Å². The highest BCUT2D eigenvalue weighted by molar-refractivity contribution is 5.65. The Balaban J connectivity index is -0.0000000457. The van der Waals surface area contributed by atoms with E-state index < -0.39 is 0 Å². The van der Waals surface area contributed by atoms with E-state index in [2.05, 4.69) is 17.0 Å². The zero-order valence-electron chi connectivity index (χ0n) is 7.23. The fraction of sp³-hybridized carbons (Fsp3) is 0.889. The molecule has 0 aromatic carbocycles. The van der Waals surface area contributed by atoms with Crippen LogP contribution in [0.4, 0.5) is 0 Å². The van der Waals surface area contributed by atoms with Gasteiger partial charge in [0.25, 0.3) is 0 Å². The van der Waals surface area contributed by atoms with Gasteiger partial charge in [-0.25, -0.2) is 0 Å². The number of rotatable bonds is 2. The summed E-state index contributed by atoms with van der Waals surface area (Å²) in [5, 5.41) is 3.02. The summed E-state index contributed by atoms with van der Waals surface area (Å²) >= 11 is 0. The van der Waals surface area contributed by atoms with Gasteiger partial charge in [0.2, 0.25) is 0 Å². The Bertz CT molecular complexity index is 72.9. The Morgan fingerprint density at radius 1 is 1.42 bits per heavy atom. The first kappa shape index (κ1) is 22.5. The van der Waals surface area contributed by atoms with Crippen LogP contribution < -0.4 is 5.32 Å². The van der Waals surface area contributed by atoms with Crippen molar-refractivity contribution in [1.29, 1.82) is 0 Å². The SMILES string of the molecule is C.C.CCCNC.COC(C)=O. The van der Waals surface area contributed by atoms with E-state index in [9.17, 15) is 4.79 Å². The number of esters is 1. The van der Waals surface area contributed by atoms with Crippen molar-refractivity contribution in [1.82, 2.24) is 5.32 Å². The molecule has 78 valence electrons. The summed E-state index contributed by atoms with van der Waals surface area (Å²) in [6, 6.07) is 0. The second-order valence-corrected chi connectivity index (χ2v) is 1.80. The molecule has 0 radical (unpaired) electrons. The molecule has 0 aliphatic rings. The Hall–Kier alpha value is -0.570. The van der Waals surface area contributed by atoms with Crippen LogP contribution in [-0.2, 0) is 9.53 Å². The standard InChI is InChI=1S/C4H11N.C3H6O2.2CH4/c1-3-4-5-2;1-3(4)5-2;;/h5H,3-4H2,1-2H3;1-2H3;2*1H4. The summed E-state index contributed by atoms with van der Waals surface area (Å²) in [7, 11) is 3.31. The Labute approximate surface area is 77.5 Å². The summed E-state index contributed by atoms with van der Waals surface area (Å²) in [6.07, 6.45) is 1.23. The number of methoxy groups -OCH3 is 1. The lowest BCUT2D eigenvalue weighted by molar-refractivity contribution is -0.137. The van der Waals surface area contributed by atoms with E-state index in [4.69, 9.17) is 0 Å². The smallest absolute Gasteiger partial charge is 0.302 e. The maximum Gasteiger partial charge on any atom is 0.302 e. The van der Waals surface area contributed by atoms with Gasteiger partial charge in [-0.3, -0.25) is 4.79 Å². The van der Waals surface area contributed by atoms with Crippen LogP contribution >= 0.6 is 0 Å². The van der Waals surface area contributed by atoms with E-state index in [1.54, 1.807) is 0 Å². The second-order valence-electron chi connectivity index (χ2n) is 1.80. The van der Waals surface area contributed by atoms with Crippen LogP contribution in [0.3, 0.4) is 0 Å². The van der Waals surface area contributed by atoms with Crippen molar-refractivity contribution in [2.75, 3.05) is 20.7 Å². The van der Waals surface area contributed by atoms with Gasteiger partial charge in [0, 0.05) is 6.92 Å². The van der Waals surface area contributed by atoms with E-state index in [-0.39, 0.29) is 20.8 Å². The molecule has 0 amide bonds. The van der Waals surface area contributed by atoms with Gasteiger partial charge in [0.05, 0.1) is 7.11 Å². The molecule has 3 nitrogen and oxygen atoms in total. The molecule has 0 fully saturated rings. The quantitative estimate of drug-likeness (QED) is 0.659. The number of carbonyl (C=O) groups is 1. The number of hydrogen-bond donors (Lipinski definition) is 1. The molecule has 0 heterocycles. The minimum absolute atomic E-state index is 0. The topological polar surface area (TPSA) is 38.3 Å². The van der Waals surface area contributed by atoms with Gasteiger partial charge in [-0.2, -0.15) is 0 Å². The first-order chi connectivity index (χ1) is 4.68. The molecule has 0 aliphatic heterocycles. The van der Waals surface area contributed by atoms with Crippen molar-refractivity contribution in [2.45, 2.75) is 35.1 Å². The molecule has 0 bridgehead atoms. The molecule has 0 aromatic heterocycles. The second kappa shape index (κ2) is 22.4. The maximum absolute atomic E-state index is 9.59. The third kappa shape index (κ3) is 57.0. The van der Waals surface area contributed by atoms with Gasteiger partial charge in [0.1, 0.15) is 0 Å². The highest BCUT2D eigenvalue weighted by Gasteiger charge is 1.75. The minimum atomic E-state index is -0.245. The predicted octanol–water partition coefficient (Wildman–Crippen LogP) is 2.07. The molecule has 3 heteroatoms. The van der Waals surface area contributed by atoms with Gasteiger partial charge < -0.3 is 10.1 Å². The Morgan fingerprint density at radius 3 is 1.75 bits per heavy atom. The average Bonchev–Trinajstić information content (AvgIpc) is 1.91. The monoisotopic (exact) mass is 179 g/mol.